The third-order valence-electron chi connectivity index (χ3n) is 6.43. The van der Waals surface area contributed by atoms with E-state index in [2.05, 4.69) is 0 Å². The van der Waals surface area contributed by atoms with Crippen LogP contribution < -0.4 is 14.2 Å². The van der Waals surface area contributed by atoms with Crippen LogP contribution in [0.25, 0.3) is 0 Å². The molecule has 0 bridgehead atoms. The molecule has 3 aromatic rings. The van der Waals surface area contributed by atoms with Crippen LogP contribution in [0.5, 0.6) is 28.7 Å². The van der Waals surface area contributed by atoms with Crippen LogP contribution in [0.2, 0.25) is 0 Å². The predicted octanol–water partition coefficient (Wildman–Crippen LogP) is 4.27. The van der Waals surface area contributed by atoms with E-state index in [1.54, 1.807) is 48.5 Å². The standard InChI is InChI=1S/C27H31NO8S/c1-17-9-11-18(12-10-17)37(30,31)28(16-26(34-4)35-5)15-21-19-7-6-8-22(29)27(19)36-23-14-25(33-3)24(32-2)13-20(21)23/h6-14,21,26,29H,15-16H2,1-5H3. The van der Waals surface area contributed by atoms with Gasteiger partial charge in [-0.1, -0.05) is 29.8 Å². The number of hydrogen-bond acceptors (Lipinski definition) is 8. The van der Waals surface area contributed by atoms with Crippen molar-refractivity contribution in [3.8, 4) is 28.7 Å². The highest BCUT2D eigenvalue weighted by molar-refractivity contribution is 7.89. The number of benzene rings is 3. The van der Waals surface area contributed by atoms with Crippen molar-refractivity contribution in [3.05, 3.63) is 71.3 Å². The number of phenols is 1. The second kappa shape index (κ2) is 11.0. The quantitative estimate of drug-likeness (QED) is 0.389. The zero-order chi connectivity index (χ0) is 26.7. The number of sulfonamides is 1. The smallest absolute Gasteiger partial charge is 0.243 e. The van der Waals surface area contributed by atoms with Crippen LogP contribution in [0, 0.1) is 6.92 Å². The molecule has 0 radical (unpaired) electrons. The Hall–Kier alpha value is -3.31. The maximum Gasteiger partial charge on any atom is 0.243 e. The predicted molar refractivity (Wildman–Crippen MR) is 137 cm³/mol. The van der Waals surface area contributed by atoms with Crippen molar-refractivity contribution in [1.29, 1.82) is 0 Å². The number of aryl methyl sites for hydroxylation is 1. The Morgan fingerprint density at radius 2 is 1.59 bits per heavy atom. The van der Waals surface area contributed by atoms with E-state index in [1.165, 1.54) is 38.8 Å². The molecule has 0 aliphatic carbocycles. The fraction of sp³-hybridized carbons (Fsp3) is 0.333. The lowest BCUT2D eigenvalue weighted by Crippen LogP contribution is -2.41. The minimum atomic E-state index is -3.96. The Morgan fingerprint density at radius 3 is 2.22 bits per heavy atom. The number of nitrogens with zero attached hydrogens (tertiary/aromatic N) is 1. The molecule has 3 aromatic carbocycles. The monoisotopic (exact) mass is 529 g/mol. The summed E-state index contributed by atoms with van der Waals surface area (Å²) in [6, 6.07) is 15.1. The number of rotatable bonds is 10. The van der Waals surface area contributed by atoms with Gasteiger partial charge in [0.05, 0.1) is 25.7 Å². The molecule has 0 fully saturated rings. The van der Waals surface area contributed by atoms with Gasteiger partial charge in [-0.05, 0) is 31.2 Å². The van der Waals surface area contributed by atoms with Crippen molar-refractivity contribution in [2.75, 3.05) is 41.5 Å². The average Bonchev–Trinajstić information content (AvgIpc) is 2.90. The van der Waals surface area contributed by atoms with E-state index in [0.29, 0.717) is 28.4 Å². The van der Waals surface area contributed by atoms with Crippen LogP contribution in [0.1, 0.15) is 22.6 Å². The molecule has 198 valence electrons. The molecule has 1 N–H and O–H groups in total. The van der Waals surface area contributed by atoms with Gasteiger partial charge < -0.3 is 28.8 Å². The van der Waals surface area contributed by atoms with E-state index >= 15 is 0 Å². The summed E-state index contributed by atoms with van der Waals surface area (Å²) in [5.41, 5.74) is 2.27. The molecule has 0 amide bonds. The van der Waals surface area contributed by atoms with Gasteiger partial charge in [0, 0.05) is 43.9 Å². The van der Waals surface area contributed by atoms with Crippen LogP contribution in [0.3, 0.4) is 0 Å². The lowest BCUT2D eigenvalue weighted by atomic mass is 9.87. The molecule has 1 unspecified atom stereocenters. The van der Waals surface area contributed by atoms with Crippen molar-refractivity contribution in [1.82, 2.24) is 4.31 Å². The Morgan fingerprint density at radius 1 is 0.946 bits per heavy atom. The van der Waals surface area contributed by atoms with Gasteiger partial charge in [-0.25, -0.2) is 8.42 Å². The first-order valence-corrected chi connectivity index (χ1v) is 13.1. The molecule has 1 heterocycles. The molecule has 9 nitrogen and oxygen atoms in total. The van der Waals surface area contributed by atoms with Gasteiger partial charge >= 0.3 is 0 Å². The lowest BCUT2D eigenvalue weighted by molar-refractivity contribution is -0.108. The van der Waals surface area contributed by atoms with E-state index in [4.69, 9.17) is 23.7 Å². The summed E-state index contributed by atoms with van der Waals surface area (Å²) >= 11 is 0. The first kappa shape index (κ1) is 26.7. The summed E-state index contributed by atoms with van der Waals surface area (Å²) in [6.45, 7) is 1.85. The first-order chi connectivity index (χ1) is 17.7. The molecule has 0 saturated heterocycles. The fourth-order valence-corrected chi connectivity index (χ4v) is 5.83. The minimum Gasteiger partial charge on any atom is -0.504 e. The molecule has 0 spiro atoms. The van der Waals surface area contributed by atoms with Crippen LogP contribution in [-0.4, -0.2) is 65.6 Å². The number of methoxy groups -OCH3 is 4. The van der Waals surface area contributed by atoms with E-state index in [1.807, 2.05) is 6.92 Å². The second-order valence-electron chi connectivity index (χ2n) is 8.63. The molecule has 10 heteroatoms. The van der Waals surface area contributed by atoms with Crippen molar-refractivity contribution < 1.29 is 37.2 Å². The molecule has 1 aliphatic rings. The molecule has 1 aliphatic heterocycles. The number of fused-ring (bicyclic) bond motifs is 2. The summed E-state index contributed by atoms with van der Waals surface area (Å²) in [5, 5.41) is 10.6. The SMILES string of the molecule is COc1cc2c(cc1OC)C(CN(CC(OC)OC)S(=O)(=O)c1ccc(C)cc1)c1cccc(O)c1O2. The zero-order valence-corrected chi connectivity index (χ0v) is 22.2. The number of hydrogen-bond donors (Lipinski definition) is 1. The molecule has 0 saturated carbocycles. The second-order valence-corrected chi connectivity index (χ2v) is 10.6. The van der Waals surface area contributed by atoms with Gasteiger partial charge in [0.2, 0.25) is 10.0 Å². The largest absolute Gasteiger partial charge is 0.504 e. The topological polar surface area (TPSA) is 104 Å². The van der Waals surface area contributed by atoms with Gasteiger partial charge in [-0.3, -0.25) is 0 Å². The molecule has 1 atom stereocenters. The van der Waals surface area contributed by atoms with E-state index in [9.17, 15) is 13.5 Å². The Labute approximate surface area is 217 Å². The van der Waals surface area contributed by atoms with Crippen molar-refractivity contribution in [3.63, 3.8) is 0 Å². The van der Waals surface area contributed by atoms with Gasteiger partial charge in [0.1, 0.15) is 5.75 Å². The Kier molecular flexibility index (Phi) is 7.93. The normalized spacial score (nSPS) is 14.7. The summed E-state index contributed by atoms with van der Waals surface area (Å²) < 4.78 is 56.9. The highest BCUT2D eigenvalue weighted by atomic mass is 32.2. The molecule has 0 aromatic heterocycles. The van der Waals surface area contributed by atoms with Gasteiger partial charge in [-0.2, -0.15) is 4.31 Å². The van der Waals surface area contributed by atoms with Crippen molar-refractivity contribution in [2.45, 2.75) is 24.0 Å². The molecular weight excluding hydrogens is 498 g/mol. The van der Waals surface area contributed by atoms with Crippen LogP contribution in [0.4, 0.5) is 0 Å². The minimum absolute atomic E-state index is 0.0156. The maximum absolute atomic E-state index is 13.9. The van der Waals surface area contributed by atoms with Crippen LogP contribution in [-0.2, 0) is 19.5 Å². The molecular formula is C27H31NO8S. The Balaban J connectivity index is 1.86. The highest BCUT2D eigenvalue weighted by Crippen LogP contribution is 2.51. The lowest BCUT2D eigenvalue weighted by Gasteiger charge is -2.34. The summed E-state index contributed by atoms with van der Waals surface area (Å²) in [5.74, 6) is 1.04. The average molecular weight is 530 g/mol. The maximum atomic E-state index is 13.9. The number of phenolic OH excluding ortho intramolecular Hbond substituents is 1. The van der Waals surface area contributed by atoms with Crippen molar-refractivity contribution in [2.24, 2.45) is 0 Å². The third kappa shape index (κ3) is 5.24. The number of aromatic hydroxyl groups is 1. The first-order valence-electron chi connectivity index (χ1n) is 11.6. The third-order valence-corrected chi connectivity index (χ3v) is 8.27. The van der Waals surface area contributed by atoms with Gasteiger partial charge in [0.15, 0.2) is 29.3 Å². The highest BCUT2D eigenvalue weighted by Gasteiger charge is 2.36. The summed E-state index contributed by atoms with van der Waals surface area (Å²) in [6.07, 6.45) is -0.798. The zero-order valence-electron chi connectivity index (χ0n) is 21.4. The van der Waals surface area contributed by atoms with Crippen LogP contribution >= 0.6 is 0 Å². The molecule has 37 heavy (non-hydrogen) atoms. The van der Waals surface area contributed by atoms with E-state index in [0.717, 1.165) is 5.56 Å². The number of para-hydroxylation sites is 1. The van der Waals surface area contributed by atoms with E-state index < -0.39 is 22.2 Å². The van der Waals surface area contributed by atoms with Gasteiger partial charge in [0.25, 0.3) is 0 Å². The Bertz CT molecular complexity index is 1350. The van der Waals surface area contributed by atoms with Crippen molar-refractivity contribution >= 4 is 10.0 Å². The van der Waals surface area contributed by atoms with Crippen LogP contribution in [0.15, 0.2) is 59.5 Å². The fourth-order valence-electron chi connectivity index (χ4n) is 4.38. The number of ether oxygens (including phenoxy) is 5. The summed E-state index contributed by atoms with van der Waals surface area (Å²) in [4.78, 5) is 0.153. The molecule has 4 rings (SSSR count). The summed E-state index contributed by atoms with van der Waals surface area (Å²) in [7, 11) is 1.99. The van der Waals surface area contributed by atoms with E-state index in [-0.39, 0.29) is 29.5 Å². The van der Waals surface area contributed by atoms with Gasteiger partial charge in [-0.15, -0.1) is 0 Å².